The lowest BCUT2D eigenvalue weighted by Crippen LogP contribution is -2.07. The Morgan fingerprint density at radius 1 is 0.814 bits per heavy atom. The third-order valence-electron chi connectivity index (χ3n) is 7.20. The van der Waals surface area contributed by atoms with Crippen LogP contribution in [0.5, 0.6) is 0 Å². The van der Waals surface area contributed by atoms with Gasteiger partial charge < -0.3 is 15.2 Å². The number of carboxylic acid groups (broad SMARTS) is 1. The number of nitrogens with zero attached hydrogens (tertiary/aromatic N) is 3. The van der Waals surface area contributed by atoms with Gasteiger partial charge in [-0.15, -0.1) is 5.11 Å². The maximum Gasteiger partial charge on any atom is 0.338 e. The monoisotopic (exact) mass is 596 g/mol. The number of unbranched alkanes of at least 4 members (excludes halogenated alkanes) is 14. The van der Waals surface area contributed by atoms with E-state index in [0.717, 1.165) is 24.9 Å². The van der Waals surface area contributed by atoms with E-state index in [1.807, 2.05) is 0 Å². The lowest BCUT2D eigenvalue weighted by atomic mass is 10.0. The number of aliphatic carboxylic acids is 1. The molecule has 0 fully saturated rings. The van der Waals surface area contributed by atoms with Gasteiger partial charge in [0.2, 0.25) is 0 Å². The van der Waals surface area contributed by atoms with Crippen molar-refractivity contribution in [3.05, 3.63) is 58.1 Å². The second-order valence-electron chi connectivity index (χ2n) is 10.9. The highest BCUT2D eigenvalue weighted by molar-refractivity contribution is 5.91. The molecule has 236 valence electrons. The largest absolute Gasteiger partial charge is 0.481 e. The van der Waals surface area contributed by atoms with E-state index in [1.54, 1.807) is 24.3 Å². The molecule has 2 aromatic carbocycles. The summed E-state index contributed by atoms with van der Waals surface area (Å²) in [5.74, 6) is -1.48. The summed E-state index contributed by atoms with van der Waals surface area (Å²) >= 11 is 0. The Kier molecular flexibility index (Phi) is 18.0. The average Bonchev–Trinajstić information content (AvgIpc) is 3.00. The summed E-state index contributed by atoms with van der Waals surface area (Å²) in [5, 5.41) is 31.3. The molecule has 0 atom stereocenters. The van der Waals surface area contributed by atoms with Crippen molar-refractivity contribution in [2.45, 2.75) is 110 Å². The van der Waals surface area contributed by atoms with Gasteiger partial charge in [-0.25, -0.2) is 4.79 Å². The van der Waals surface area contributed by atoms with Crippen LogP contribution in [0.1, 0.15) is 120 Å². The number of esters is 1. The molecule has 0 amide bonds. The number of carbonyl (C=O) groups excluding carboxylic acids is 1. The second kappa shape index (κ2) is 21.8. The molecule has 43 heavy (non-hydrogen) atoms. The number of hydrogen-bond donors (Lipinski definition) is 2. The number of benzene rings is 2. The van der Waals surface area contributed by atoms with Gasteiger partial charge in [0.1, 0.15) is 0 Å². The number of hydrogen-bond acceptors (Lipinski definition) is 8. The predicted molar refractivity (Wildman–Crippen MR) is 170 cm³/mol. The fourth-order valence-electron chi connectivity index (χ4n) is 4.67. The first kappa shape index (κ1) is 35.4. The minimum absolute atomic E-state index is 0.00578. The molecule has 0 bridgehead atoms. The van der Waals surface area contributed by atoms with Crippen molar-refractivity contribution in [3.8, 4) is 0 Å². The van der Waals surface area contributed by atoms with Gasteiger partial charge in [-0.05, 0) is 42.8 Å². The van der Waals surface area contributed by atoms with Crippen LogP contribution in [-0.4, -0.2) is 35.1 Å². The number of nitro benzene ring substituents is 1. The molecule has 0 aromatic heterocycles. The van der Waals surface area contributed by atoms with Crippen LogP contribution >= 0.6 is 0 Å². The predicted octanol–water partition coefficient (Wildman–Crippen LogP) is 9.92. The minimum Gasteiger partial charge on any atom is -0.481 e. The average molecular weight is 597 g/mol. The van der Waals surface area contributed by atoms with Gasteiger partial charge in [-0.1, -0.05) is 96.8 Å². The number of carboxylic acids is 1. The topological polar surface area (TPSA) is 143 Å². The number of azo groups is 1. The first-order chi connectivity index (χ1) is 20.9. The Morgan fingerprint density at radius 3 is 1.91 bits per heavy atom. The maximum absolute atomic E-state index is 12.5. The zero-order valence-electron chi connectivity index (χ0n) is 25.6. The molecule has 0 aliphatic rings. The van der Waals surface area contributed by atoms with Gasteiger partial charge >= 0.3 is 11.9 Å². The third kappa shape index (κ3) is 15.8. The summed E-state index contributed by atoms with van der Waals surface area (Å²) in [6, 6.07) is 10.7. The smallest absolute Gasteiger partial charge is 0.338 e. The van der Waals surface area contributed by atoms with E-state index in [0.29, 0.717) is 5.69 Å². The van der Waals surface area contributed by atoms with Crippen LogP contribution in [0.3, 0.4) is 0 Å². The van der Waals surface area contributed by atoms with Gasteiger partial charge in [0.05, 0.1) is 29.2 Å². The van der Waals surface area contributed by atoms with E-state index >= 15 is 0 Å². The molecule has 0 heterocycles. The lowest BCUT2D eigenvalue weighted by molar-refractivity contribution is -0.384. The van der Waals surface area contributed by atoms with E-state index < -0.39 is 16.9 Å². The van der Waals surface area contributed by atoms with Gasteiger partial charge in [0.15, 0.2) is 5.69 Å². The fourth-order valence-corrected chi connectivity index (χ4v) is 4.67. The summed E-state index contributed by atoms with van der Waals surface area (Å²) in [5.41, 5.74) is 0.969. The molecule has 0 aliphatic carbocycles. The van der Waals surface area contributed by atoms with Crippen LogP contribution in [0.15, 0.2) is 52.7 Å². The minimum atomic E-state index is -0.890. The molecular weight excluding hydrogens is 548 g/mol. The summed E-state index contributed by atoms with van der Waals surface area (Å²) < 4.78 is 5.34. The van der Waals surface area contributed by atoms with Gasteiger partial charge in [-0.3, -0.25) is 14.9 Å². The molecule has 0 aliphatic heterocycles. The normalized spacial score (nSPS) is 11.1. The van der Waals surface area contributed by atoms with Gasteiger partial charge in [-0.2, -0.15) is 5.11 Å². The Bertz CT molecular complexity index is 1140. The molecule has 0 unspecified atom stereocenters. The van der Waals surface area contributed by atoms with Crippen molar-refractivity contribution >= 4 is 34.7 Å². The van der Waals surface area contributed by atoms with Gasteiger partial charge in [0, 0.05) is 18.3 Å². The number of ether oxygens (including phenoxy) is 1. The Labute approximate surface area is 255 Å². The molecule has 0 saturated carbocycles. The van der Waals surface area contributed by atoms with E-state index in [-0.39, 0.29) is 36.5 Å². The van der Waals surface area contributed by atoms with Crippen molar-refractivity contribution < 1.29 is 24.4 Å². The van der Waals surface area contributed by atoms with Crippen LogP contribution in [-0.2, 0) is 9.53 Å². The van der Waals surface area contributed by atoms with E-state index in [9.17, 15) is 19.7 Å². The van der Waals surface area contributed by atoms with Crippen molar-refractivity contribution in [1.82, 2.24) is 0 Å². The lowest BCUT2D eigenvalue weighted by Gasteiger charge is -2.06. The van der Waals surface area contributed by atoms with E-state index in [4.69, 9.17) is 9.84 Å². The quantitative estimate of drug-likeness (QED) is 0.0403. The summed E-state index contributed by atoms with van der Waals surface area (Å²) in [4.78, 5) is 34.1. The molecule has 10 nitrogen and oxygen atoms in total. The molecule has 0 radical (unpaired) electrons. The molecule has 2 rings (SSSR count). The molecular formula is C33H48N4O6. The molecule has 0 spiro atoms. The number of carbonyl (C=O) groups is 2. The third-order valence-corrected chi connectivity index (χ3v) is 7.20. The maximum atomic E-state index is 12.5. The van der Waals surface area contributed by atoms with Crippen LogP contribution in [0.4, 0.5) is 22.7 Å². The Morgan fingerprint density at radius 2 is 1.37 bits per heavy atom. The van der Waals surface area contributed by atoms with Crippen LogP contribution in [0.2, 0.25) is 0 Å². The van der Waals surface area contributed by atoms with Crippen molar-refractivity contribution in [1.29, 1.82) is 0 Å². The highest BCUT2D eigenvalue weighted by atomic mass is 16.6. The number of rotatable bonds is 24. The van der Waals surface area contributed by atoms with Crippen molar-refractivity contribution in [3.63, 3.8) is 0 Å². The molecule has 0 saturated heterocycles. The first-order valence-corrected chi connectivity index (χ1v) is 15.8. The zero-order valence-corrected chi connectivity index (χ0v) is 25.6. The van der Waals surface area contributed by atoms with Crippen molar-refractivity contribution in [2.24, 2.45) is 10.2 Å². The number of anilines is 1. The SMILES string of the molecule is CCCCCCCCCCCCCCCCCOC(=O)c1ccc(/N=N/c2ccc(NCCC(=O)O)cc2)c([N+](=O)[O-])c1. The second-order valence-corrected chi connectivity index (χ2v) is 10.9. The fraction of sp³-hybridized carbons (Fsp3) is 0.576. The highest BCUT2D eigenvalue weighted by Gasteiger charge is 2.18. The van der Waals surface area contributed by atoms with Crippen LogP contribution in [0, 0.1) is 10.1 Å². The zero-order chi connectivity index (χ0) is 31.1. The van der Waals surface area contributed by atoms with Crippen molar-refractivity contribution in [2.75, 3.05) is 18.5 Å². The van der Waals surface area contributed by atoms with E-state index in [1.165, 1.54) is 95.2 Å². The standard InChI is InChI=1S/C33H48N4O6/c1-2-3-4-5-6-7-8-9-10-11-12-13-14-15-16-25-43-33(40)27-17-22-30(31(26-27)37(41)42)36-35-29-20-18-28(19-21-29)34-24-23-32(38)39/h17-22,26,34H,2-16,23-25H2,1H3,(H,38,39)/b36-35+. The highest BCUT2D eigenvalue weighted by Crippen LogP contribution is 2.30. The van der Waals surface area contributed by atoms with E-state index in [2.05, 4.69) is 22.5 Å². The molecule has 2 aromatic rings. The van der Waals surface area contributed by atoms with Gasteiger partial charge in [0.25, 0.3) is 5.69 Å². The number of nitrogens with one attached hydrogen (secondary N) is 1. The Balaban J connectivity index is 1.65. The summed E-state index contributed by atoms with van der Waals surface area (Å²) in [7, 11) is 0. The number of nitro groups is 1. The first-order valence-electron chi connectivity index (χ1n) is 15.8. The molecule has 2 N–H and O–H groups in total. The Hall–Kier alpha value is -3.82. The van der Waals surface area contributed by atoms with Crippen LogP contribution in [0.25, 0.3) is 0 Å². The summed E-state index contributed by atoms with van der Waals surface area (Å²) in [6.45, 7) is 2.83. The van der Waals surface area contributed by atoms with Crippen LogP contribution < -0.4 is 5.32 Å². The molecule has 10 heteroatoms. The summed E-state index contributed by atoms with van der Waals surface area (Å²) in [6.07, 6.45) is 18.8.